The summed E-state index contributed by atoms with van der Waals surface area (Å²) in [4.78, 5) is 0. The largest absolute Gasteiger partial charge is 0.443 e. The molecule has 0 spiro atoms. The van der Waals surface area contributed by atoms with Gasteiger partial charge in [-0.05, 0) is 66.0 Å². The summed E-state index contributed by atoms with van der Waals surface area (Å²) in [5.41, 5.74) is 10.3. The van der Waals surface area contributed by atoms with E-state index in [2.05, 4.69) is 12.1 Å². The zero-order valence-electron chi connectivity index (χ0n) is 33.9. The van der Waals surface area contributed by atoms with E-state index in [1.54, 1.807) is 0 Å². The third-order valence-electron chi connectivity index (χ3n) is 11.4. The second-order valence-corrected chi connectivity index (χ2v) is 15.6. The van der Waals surface area contributed by atoms with Crippen molar-refractivity contribution in [2.45, 2.75) is 25.0 Å². The molecule has 8 aromatic rings. The van der Waals surface area contributed by atoms with Gasteiger partial charge in [0.05, 0.1) is 12.2 Å². The SMILES string of the molecule is OB(c1ccccc1)c1ccc(C(Cc2cccc(B(O)c3ccccc3)c2)OC(Cc2cccc(B(O)c3ccccc3)c2)c2ccc(B(O)c3ccccc3)cc2)cc1. The Morgan fingerprint density at radius 1 is 0.295 bits per heavy atom. The van der Waals surface area contributed by atoms with Crippen LogP contribution in [-0.4, -0.2) is 47.8 Å². The summed E-state index contributed by atoms with van der Waals surface area (Å²) in [6, 6.07) is 70.6. The van der Waals surface area contributed by atoms with Gasteiger partial charge >= 0.3 is 27.7 Å². The predicted molar refractivity (Wildman–Crippen MR) is 254 cm³/mol. The number of hydrogen-bond acceptors (Lipinski definition) is 5. The molecule has 0 amide bonds. The molecule has 0 heterocycles. The van der Waals surface area contributed by atoms with E-state index in [0.717, 1.165) is 66.0 Å². The van der Waals surface area contributed by atoms with Gasteiger partial charge in [-0.1, -0.05) is 218 Å². The molecule has 0 fully saturated rings. The van der Waals surface area contributed by atoms with Crippen LogP contribution in [0.15, 0.2) is 218 Å². The van der Waals surface area contributed by atoms with E-state index < -0.39 is 39.9 Å². The Bertz CT molecular complexity index is 2400. The fourth-order valence-electron chi connectivity index (χ4n) is 7.99. The van der Waals surface area contributed by atoms with Gasteiger partial charge < -0.3 is 24.8 Å². The average molecular weight is 794 g/mol. The lowest BCUT2D eigenvalue weighted by atomic mass is 9.55. The Morgan fingerprint density at radius 3 is 0.869 bits per heavy atom. The molecule has 0 saturated heterocycles. The molecule has 0 saturated carbocycles. The van der Waals surface area contributed by atoms with E-state index in [-0.39, 0.29) is 0 Å². The predicted octanol–water partition coefficient (Wildman–Crippen LogP) is 3.36. The highest BCUT2D eigenvalue weighted by Gasteiger charge is 2.26. The van der Waals surface area contributed by atoms with Crippen molar-refractivity contribution < 1.29 is 24.8 Å². The summed E-state index contributed by atoms with van der Waals surface area (Å²) >= 11 is 0. The Hall–Kier alpha value is -6.18. The Labute approximate surface area is 360 Å². The van der Waals surface area contributed by atoms with Crippen LogP contribution >= 0.6 is 0 Å². The molecule has 0 radical (unpaired) electrons. The number of rotatable bonds is 16. The molecular formula is C52H46B4O5. The second kappa shape index (κ2) is 19.9. The molecule has 2 atom stereocenters. The zero-order chi connectivity index (χ0) is 42.0. The Morgan fingerprint density at radius 2 is 0.557 bits per heavy atom. The second-order valence-electron chi connectivity index (χ2n) is 15.6. The molecule has 0 aliphatic carbocycles. The fraction of sp³-hybridized carbons (Fsp3) is 0.0769. The highest BCUT2D eigenvalue weighted by atomic mass is 16.5. The Balaban J connectivity index is 1.15. The minimum atomic E-state index is -0.782. The first kappa shape index (κ1) is 41.5. The summed E-state index contributed by atoms with van der Waals surface area (Å²) in [5, 5.41) is 45.3. The van der Waals surface area contributed by atoms with E-state index in [1.165, 1.54) is 0 Å². The molecule has 9 heteroatoms. The van der Waals surface area contributed by atoms with Gasteiger partial charge in [-0.3, -0.25) is 0 Å². The summed E-state index contributed by atoms with van der Waals surface area (Å²) < 4.78 is 7.32. The highest BCUT2D eigenvalue weighted by Crippen LogP contribution is 2.32. The summed E-state index contributed by atoms with van der Waals surface area (Å²) in [6.45, 7) is -3.12. The lowest BCUT2D eigenvalue weighted by Crippen LogP contribution is -2.42. The number of ether oxygens (including phenoxy) is 1. The van der Waals surface area contributed by atoms with Gasteiger partial charge in [-0.2, -0.15) is 0 Å². The lowest BCUT2D eigenvalue weighted by Gasteiger charge is -2.27. The maximum Gasteiger partial charge on any atom is 0.358 e. The van der Waals surface area contributed by atoms with Crippen molar-refractivity contribution in [2.24, 2.45) is 0 Å². The van der Waals surface area contributed by atoms with E-state index in [1.807, 2.05) is 206 Å². The van der Waals surface area contributed by atoms with Crippen LogP contribution in [0.4, 0.5) is 0 Å². The highest BCUT2D eigenvalue weighted by molar-refractivity contribution is 6.80. The minimum absolute atomic E-state index is 0.440. The maximum atomic E-state index is 11.4. The van der Waals surface area contributed by atoms with Crippen molar-refractivity contribution in [1.82, 2.24) is 0 Å². The van der Waals surface area contributed by atoms with Gasteiger partial charge in [0.15, 0.2) is 0 Å². The molecular weight excluding hydrogens is 748 g/mol. The quantitative estimate of drug-likeness (QED) is 0.113. The van der Waals surface area contributed by atoms with E-state index >= 15 is 0 Å². The van der Waals surface area contributed by atoms with Crippen LogP contribution in [0, 0.1) is 0 Å². The molecule has 2 unspecified atom stereocenters. The average Bonchev–Trinajstić information content (AvgIpc) is 3.34. The van der Waals surface area contributed by atoms with Gasteiger partial charge in [0.2, 0.25) is 0 Å². The molecule has 8 rings (SSSR count). The monoisotopic (exact) mass is 794 g/mol. The van der Waals surface area contributed by atoms with Crippen molar-refractivity contribution in [3.8, 4) is 0 Å². The molecule has 296 valence electrons. The van der Waals surface area contributed by atoms with E-state index in [4.69, 9.17) is 4.74 Å². The summed E-state index contributed by atoms with van der Waals surface area (Å²) in [7, 11) is 0. The topological polar surface area (TPSA) is 90.2 Å². The van der Waals surface area contributed by atoms with Crippen LogP contribution in [0.2, 0.25) is 0 Å². The molecule has 0 aliphatic heterocycles. The standard InChI is InChI=1S/C52H46B4O5/c57-53(43-17-5-1-6-18-43)47-31-27-41(28-32-47)51(37-39-15-13-25-49(35-39)55(59)45-21-9-3-10-22-45)61-52(42-29-33-48(34-30-42)54(58)44-19-7-2-8-20-44)38-40-16-14-26-50(36-40)56(60)46-23-11-4-12-24-46/h1-36,51-52,57-60H,37-38H2. The van der Waals surface area contributed by atoms with Crippen molar-refractivity contribution in [1.29, 1.82) is 0 Å². The molecule has 0 bridgehead atoms. The first-order valence-electron chi connectivity index (χ1n) is 20.8. The number of hydrogen-bond donors (Lipinski definition) is 4. The van der Waals surface area contributed by atoms with Crippen molar-refractivity contribution >= 4 is 71.4 Å². The fourth-order valence-corrected chi connectivity index (χ4v) is 7.99. The van der Waals surface area contributed by atoms with Gasteiger partial charge in [0, 0.05) is 12.8 Å². The third kappa shape index (κ3) is 10.4. The molecule has 61 heavy (non-hydrogen) atoms. The third-order valence-corrected chi connectivity index (χ3v) is 11.4. The van der Waals surface area contributed by atoms with Crippen LogP contribution in [0.25, 0.3) is 0 Å². The van der Waals surface area contributed by atoms with Crippen LogP contribution in [-0.2, 0) is 17.6 Å². The van der Waals surface area contributed by atoms with Crippen LogP contribution < -0.4 is 43.7 Å². The first-order chi connectivity index (χ1) is 29.9. The molecule has 5 nitrogen and oxygen atoms in total. The molecule has 0 aliphatic rings. The van der Waals surface area contributed by atoms with E-state index in [9.17, 15) is 20.1 Å². The number of benzene rings is 8. The van der Waals surface area contributed by atoms with Gasteiger partial charge in [0.25, 0.3) is 0 Å². The lowest BCUT2D eigenvalue weighted by molar-refractivity contribution is -0.0148. The molecule has 0 aromatic heterocycles. The normalized spacial score (nSPS) is 12.0. The van der Waals surface area contributed by atoms with Gasteiger partial charge in [-0.15, -0.1) is 0 Å². The maximum absolute atomic E-state index is 11.4. The van der Waals surface area contributed by atoms with Crippen molar-refractivity contribution in [3.63, 3.8) is 0 Å². The minimum Gasteiger partial charge on any atom is -0.443 e. The molecule has 8 aromatic carbocycles. The summed E-state index contributed by atoms with van der Waals surface area (Å²) in [5.74, 6) is 0. The van der Waals surface area contributed by atoms with Crippen LogP contribution in [0.5, 0.6) is 0 Å². The Kier molecular flexibility index (Phi) is 13.6. The van der Waals surface area contributed by atoms with Crippen molar-refractivity contribution in [2.75, 3.05) is 0 Å². The van der Waals surface area contributed by atoms with Crippen molar-refractivity contribution in [3.05, 3.63) is 241 Å². The summed E-state index contributed by atoms with van der Waals surface area (Å²) in [6.07, 6.45) is 0.128. The first-order valence-corrected chi connectivity index (χ1v) is 20.8. The smallest absolute Gasteiger partial charge is 0.358 e. The van der Waals surface area contributed by atoms with Gasteiger partial charge in [0.1, 0.15) is 0 Å². The van der Waals surface area contributed by atoms with Crippen LogP contribution in [0.3, 0.4) is 0 Å². The van der Waals surface area contributed by atoms with Crippen LogP contribution in [0.1, 0.15) is 34.5 Å². The zero-order valence-corrected chi connectivity index (χ0v) is 33.9. The molecule has 4 N–H and O–H groups in total. The van der Waals surface area contributed by atoms with E-state index in [0.29, 0.717) is 12.8 Å². The van der Waals surface area contributed by atoms with Gasteiger partial charge in [-0.25, -0.2) is 0 Å².